The first-order chi connectivity index (χ1) is 9.76. The van der Waals surface area contributed by atoms with Gasteiger partial charge in [-0.3, -0.25) is 0 Å². The first-order valence-electron chi connectivity index (χ1n) is 5.98. The molecule has 3 rings (SSSR count). The Hall–Kier alpha value is -2.34. The fraction of sp³-hybridized carbons (Fsp3) is 0.143. The molecule has 0 amide bonds. The van der Waals surface area contributed by atoms with Crippen LogP contribution in [0.25, 0.3) is 11.5 Å². The van der Waals surface area contributed by atoms with E-state index in [9.17, 15) is 5.11 Å². The average Bonchev–Trinajstić information content (AvgIpc) is 3.12. The fourth-order valence-electron chi connectivity index (χ4n) is 1.82. The third-order valence-electron chi connectivity index (χ3n) is 2.81. The lowest BCUT2D eigenvalue weighted by Crippen LogP contribution is -1.88. The summed E-state index contributed by atoms with van der Waals surface area (Å²) in [5.41, 5.74) is 0.713. The molecule has 0 aliphatic carbocycles. The van der Waals surface area contributed by atoms with E-state index in [0.717, 1.165) is 0 Å². The van der Waals surface area contributed by atoms with Gasteiger partial charge in [0.15, 0.2) is 17.3 Å². The molecule has 6 heteroatoms. The van der Waals surface area contributed by atoms with Gasteiger partial charge in [-0.2, -0.15) is 4.98 Å². The normalized spacial score (nSPS) is 10.7. The summed E-state index contributed by atoms with van der Waals surface area (Å²) in [6.45, 7) is 0. The Kier molecular flexibility index (Phi) is 3.39. The standard InChI is InChI=1S/C14H12N2O3S/c1-18-12-7-9(4-5-11(12)17)14-15-13(16-19-14)8-10-3-2-6-20-10/h2-7,17H,8H2,1H3. The Balaban J connectivity index is 1.86. The highest BCUT2D eigenvalue weighted by molar-refractivity contribution is 7.09. The number of phenolic OH excluding ortho intramolecular Hbond substituents is 1. The smallest absolute Gasteiger partial charge is 0.258 e. The van der Waals surface area contributed by atoms with Crippen LogP contribution in [0.2, 0.25) is 0 Å². The summed E-state index contributed by atoms with van der Waals surface area (Å²) in [6, 6.07) is 8.94. The molecule has 0 radical (unpaired) electrons. The van der Waals surface area contributed by atoms with Crippen molar-refractivity contribution in [3.8, 4) is 23.0 Å². The van der Waals surface area contributed by atoms with Crippen LogP contribution in [0.15, 0.2) is 40.2 Å². The minimum absolute atomic E-state index is 0.0783. The Labute approximate surface area is 119 Å². The van der Waals surface area contributed by atoms with Gasteiger partial charge in [0.25, 0.3) is 5.89 Å². The zero-order valence-corrected chi connectivity index (χ0v) is 11.6. The third-order valence-corrected chi connectivity index (χ3v) is 3.68. The lowest BCUT2D eigenvalue weighted by molar-refractivity contribution is 0.373. The number of phenols is 1. The average molecular weight is 288 g/mol. The van der Waals surface area contributed by atoms with Crippen molar-refractivity contribution in [2.75, 3.05) is 7.11 Å². The Morgan fingerprint density at radius 3 is 3.00 bits per heavy atom. The lowest BCUT2D eigenvalue weighted by atomic mass is 10.2. The van der Waals surface area contributed by atoms with Crippen molar-refractivity contribution in [1.29, 1.82) is 0 Å². The maximum atomic E-state index is 9.57. The molecular weight excluding hydrogens is 276 g/mol. The van der Waals surface area contributed by atoms with Crippen molar-refractivity contribution in [2.45, 2.75) is 6.42 Å². The molecule has 3 aromatic rings. The largest absolute Gasteiger partial charge is 0.504 e. The van der Waals surface area contributed by atoms with Crippen LogP contribution in [0, 0.1) is 0 Å². The number of thiophene rings is 1. The number of hydrogen-bond donors (Lipinski definition) is 1. The van der Waals surface area contributed by atoms with Gasteiger partial charge in [-0.25, -0.2) is 0 Å². The van der Waals surface area contributed by atoms with Gasteiger partial charge in [-0.15, -0.1) is 11.3 Å². The molecule has 0 aliphatic heterocycles. The Morgan fingerprint density at radius 2 is 2.25 bits per heavy atom. The van der Waals surface area contributed by atoms with Crippen molar-refractivity contribution in [3.05, 3.63) is 46.4 Å². The minimum atomic E-state index is 0.0783. The number of ether oxygens (including phenoxy) is 1. The Morgan fingerprint density at radius 1 is 1.35 bits per heavy atom. The van der Waals surface area contributed by atoms with E-state index in [1.54, 1.807) is 23.5 Å². The summed E-state index contributed by atoms with van der Waals surface area (Å²) in [5.74, 6) is 1.50. The number of hydrogen-bond acceptors (Lipinski definition) is 6. The van der Waals surface area contributed by atoms with Crippen LogP contribution in [0.5, 0.6) is 11.5 Å². The van der Waals surface area contributed by atoms with Gasteiger partial charge in [0, 0.05) is 16.9 Å². The molecule has 20 heavy (non-hydrogen) atoms. The zero-order valence-electron chi connectivity index (χ0n) is 10.7. The topological polar surface area (TPSA) is 68.4 Å². The van der Waals surface area contributed by atoms with E-state index in [0.29, 0.717) is 29.4 Å². The molecule has 0 saturated heterocycles. The van der Waals surface area contributed by atoms with Crippen molar-refractivity contribution >= 4 is 11.3 Å². The molecule has 0 saturated carbocycles. The molecule has 102 valence electrons. The highest BCUT2D eigenvalue weighted by atomic mass is 32.1. The number of benzene rings is 1. The van der Waals surface area contributed by atoms with Gasteiger partial charge in [-0.1, -0.05) is 11.2 Å². The van der Waals surface area contributed by atoms with Crippen molar-refractivity contribution in [1.82, 2.24) is 10.1 Å². The molecule has 0 fully saturated rings. The molecular formula is C14H12N2O3S. The van der Waals surface area contributed by atoms with Crippen LogP contribution in [-0.2, 0) is 6.42 Å². The molecule has 2 aromatic heterocycles. The van der Waals surface area contributed by atoms with Gasteiger partial charge < -0.3 is 14.4 Å². The van der Waals surface area contributed by atoms with Crippen LogP contribution in [0.3, 0.4) is 0 Å². The van der Waals surface area contributed by atoms with Gasteiger partial charge in [0.2, 0.25) is 0 Å². The maximum absolute atomic E-state index is 9.57. The van der Waals surface area contributed by atoms with Gasteiger partial charge in [0.1, 0.15) is 0 Å². The van der Waals surface area contributed by atoms with E-state index in [1.165, 1.54) is 18.1 Å². The number of methoxy groups -OCH3 is 1. The molecule has 0 spiro atoms. The van der Waals surface area contributed by atoms with Crippen LogP contribution < -0.4 is 4.74 Å². The van der Waals surface area contributed by atoms with Gasteiger partial charge >= 0.3 is 0 Å². The second kappa shape index (κ2) is 5.34. The van der Waals surface area contributed by atoms with E-state index in [4.69, 9.17) is 9.26 Å². The monoisotopic (exact) mass is 288 g/mol. The van der Waals surface area contributed by atoms with E-state index in [-0.39, 0.29) is 5.75 Å². The van der Waals surface area contributed by atoms with E-state index in [2.05, 4.69) is 10.1 Å². The highest BCUT2D eigenvalue weighted by Crippen LogP contribution is 2.30. The minimum Gasteiger partial charge on any atom is -0.504 e. The number of rotatable bonds is 4. The lowest BCUT2D eigenvalue weighted by Gasteiger charge is -2.03. The summed E-state index contributed by atoms with van der Waals surface area (Å²) < 4.78 is 10.3. The van der Waals surface area contributed by atoms with Crippen molar-refractivity contribution in [3.63, 3.8) is 0 Å². The first kappa shape index (κ1) is 12.7. The molecule has 0 atom stereocenters. The summed E-state index contributed by atoms with van der Waals surface area (Å²) in [6.07, 6.45) is 0.649. The highest BCUT2D eigenvalue weighted by Gasteiger charge is 2.12. The summed E-state index contributed by atoms with van der Waals surface area (Å²) in [7, 11) is 1.49. The second-order valence-corrected chi connectivity index (χ2v) is 5.19. The second-order valence-electron chi connectivity index (χ2n) is 4.16. The first-order valence-corrected chi connectivity index (χ1v) is 6.86. The summed E-state index contributed by atoms with van der Waals surface area (Å²) in [4.78, 5) is 5.53. The summed E-state index contributed by atoms with van der Waals surface area (Å²) >= 11 is 1.66. The fourth-order valence-corrected chi connectivity index (χ4v) is 2.52. The predicted octanol–water partition coefficient (Wildman–Crippen LogP) is 3.10. The zero-order chi connectivity index (χ0) is 13.9. The van der Waals surface area contributed by atoms with E-state index >= 15 is 0 Å². The van der Waals surface area contributed by atoms with Crippen LogP contribution in [-0.4, -0.2) is 22.4 Å². The third kappa shape index (κ3) is 2.50. The molecule has 1 aromatic carbocycles. The van der Waals surface area contributed by atoms with Crippen LogP contribution in [0.4, 0.5) is 0 Å². The van der Waals surface area contributed by atoms with Crippen molar-refractivity contribution in [2.24, 2.45) is 0 Å². The summed E-state index contributed by atoms with van der Waals surface area (Å²) in [5, 5.41) is 15.5. The molecule has 5 nitrogen and oxygen atoms in total. The molecule has 0 aliphatic rings. The quantitative estimate of drug-likeness (QED) is 0.799. The predicted molar refractivity (Wildman–Crippen MR) is 75.1 cm³/mol. The maximum Gasteiger partial charge on any atom is 0.258 e. The SMILES string of the molecule is COc1cc(-c2nc(Cc3cccs3)no2)ccc1O. The molecule has 2 heterocycles. The molecule has 1 N–H and O–H groups in total. The molecule has 0 bridgehead atoms. The molecule has 0 unspecified atom stereocenters. The Bertz CT molecular complexity index is 707. The van der Waals surface area contributed by atoms with Crippen LogP contribution >= 0.6 is 11.3 Å². The van der Waals surface area contributed by atoms with E-state index in [1.807, 2.05) is 17.5 Å². The number of aromatic hydroxyl groups is 1. The van der Waals surface area contributed by atoms with Gasteiger partial charge in [0.05, 0.1) is 7.11 Å². The van der Waals surface area contributed by atoms with Crippen LogP contribution in [0.1, 0.15) is 10.7 Å². The number of aromatic nitrogens is 2. The number of nitrogens with zero attached hydrogens (tertiary/aromatic N) is 2. The van der Waals surface area contributed by atoms with Gasteiger partial charge in [-0.05, 0) is 29.6 Å². The van der Waals surface area contributed by atoms with E-state index < -0.39 is 0 Å². The van der Waals surface area contributed by atoms with Crippen molar-refractivity contribution < 1.29 is 14.4 Å².